The number of rotatable bonds is 5. The minimum absolute atomic E-state index is 0.0816. The number of amides is 2. The highest BCUT2D eigenvalue weighted by molar-refractivity contribution is 5.91. The van der Waals surface area contributed by atoms with Crippen LogP contribution in [-0.2, 0) is 9.53 Å². The second-order valence-corrected chi connectivity index (χ2v) is 3.69. The number of hydrogen-bond donors (Lipinski definition) is 2. The fourth-order valence-electron chi connectivity index (χ4n) is 1.31. The van der Waals surface area contributed by atoms with Gasteiger partial charge in [0.25, 0.3) is 0 Å². The fraction of sp³-hybridized carbons (Fsp3) is 0.333. The Morgan fingerprint density at radius 2 is 2.00 bits per heavy atom. The van der Waals surface area contributed by atoms with Crippen molar-refractivity contribution in [3.8, 4) is 5.75 Å². The number of alkyl halides is 3. The zero-order valence-electron chi connectivity index (χ0n) is 11.0. The van der Waals surface area contributed by atoms with E-state index in [1.165, 1.54) is 12.1 Å². The molecule has 0 radical (unpaired) electrons. The van der Waals surface area contributed by atoms with Crippen molar-refractivity contribution in [1.29, 1.82) is 0 Å². The summed E-state index contributed by atoms with van der Waals surface area (Å²) in [4.78, 5) is 22.4. The highest BCUT2D eigenvalue weighted by Gasteiger charge is 2.31. The molecule has 9 heteroatoms. The number of ether oxygens (including phenoxy) is 2. The minimum Gasteiger partial charge on any atom is -0.465 e. The van der Waals surface area contributed by atoms with E-state index >= 15 is 0 Å². The summed E-state index contributed by atoms with van der Waals surface area (Å²) in [6.45, 7) is 1.45. The number of hydrogen-bond acceptors (Lipinski definition) is 4. The Morgan fingerprint density at radius 3 is 2.62 bits per heavy atom. The average molecular weight is 306 g/mol. The zero-order valence-corrected chi connectivity index (χ0v) is 11.0. The smallest absolute Gasteiger partial charge is 0.465 e. The lowest BCUT2D eigenvalue weighted by molar-refractivity contribution is -0.274. The van der Waals surface area contributed by atoms with Crippen molar-refractivity contribution in [1.82, 2.24) is 5.32 Å². The standard InChI is InChI=1S/C12H13F3N2O4/c1-2-20-10(18)7-16-11(19)17-8-4-3-5-9(6-8)21-12(13,14)15/h3-6H,2,7H2,1H3,(H2,16,17,19). The molecule has 0 fully saturated rings. The van der Waals surface area contributed by atoms with Gasteiger partial charge < -0.3 is 20.1 Å². The number of esters is 1. The van der Waals surface area contributed by atoms with Crippen LogP contribution < -0.4 is 15.4 Å². The first kappa shape index (κ1) is 16.6. The molecule has 6 nitrogen and oxygen atoms in total. The molecule has 1 rings (SSSR count). The summed E-state index contributed by atoms with van der Waals surface area (Å²) in [5, 5.41) is 4.46. The Kier molecular flexibility index (Phi) is 5.82. The minimum atomic E-state index is -4.81. The van der Waals surface area contributed by atoms with E-state index in [4.69, 9.17) is 0 Å². The average Bonchev–Trinajstić information content (AvgIpc) is 2.35. The van der Waals surface area contributed by atoms with Crippen LogP contribution in [0.25, 0.3) is 0 Å². The van der Waals surface area contributed by atoms with Gasteiger partial charge in [-0.3, -0.25) is 4.79 Å². The number of urea groups is 1. The van der Waals surface area contributed by atoms with E-state index in [1.807, 2.05) is 0 Å². The van der Waals surface area contributed by atoms with Gasteiger partial charge >= 0.3 is 18.4 Å². The number of nitrogens with one attached hydrogen (secondary N) is 2. The molecule has 0 heterocycles. The quantitative estimate of drug-likeness (QED) is 0.818. The van der Waals surface area contributed by atoms with Gasteiger partial charge in [0.2, 0.25) is 0 Å². The molecular weight excluding hydrogens is 293 g/mol. The van der Waals surface area contributed by atoms with Gasteiger partial charge in [0.1, 0.15) is 12.3 Å². The zero-order chi connectivity index (χ0) is 15.9. The molecule has 0 saturated carbocycles. The van der Waals surface area contributed by atoms with E-state index in [1.54, 1.807) is 6.92 Å². The number of halogens is 3. The fourth-order valence-corrected chi connectivity index (χ4v) is 1.31. The molecule has 0 aliphatic carbocycles. The summed E-state index contributed by atoms with van der Waals surface area (Å²) in [5.74, 6) is -1.09. The molecule has 1 aromatic rings. The Hall–Kier alpha value is -2.45. The van der Waals surface area contributed by atoms with Gasteiger partial charge in [-0.05, 0) is 19.1 Å². The van der Waals surface area contributed by atoms with Crippen LogP contribution in [0.3, 0.4) is 0 Å². The van der Waals surface area contributed by atoms with Gasteiger partial charge in [0, 0.05) is 11.8 Å². The van der Waals surface area contributed by atoms with Crippen molar-refractivity contribution in [2.45, 2.75) is 13.3 Å². The largest absolute Gasteiger partial charge is 0.573 e. The maximum atomic E-state index is 12.0. The van der Waals surface area contributed by atoms with Gasteiger partial charge in [-0.1, -0.05) is 6.07 Å². The Morgan fingerprint density at radius 1 is 1.29 bits per heavy atom. The van der Waals surface area contributed by atoms with Gasteiger partial charge in [-0.15, -0.1) is 13.2 Å². The lowest BCUT2D eigenvalue weighted by Crippen LogP contribution is -2.34. The van der Waals surface area contributed by atoms with Crippen LogP contribution in [0, 0.1) is 0 Å². The van der Waals surface area contributed by atoms with Crippen LogP contribution in [0.15, 0.2) is 24.3 Å². The SMILES string of the molecule is CCOC(=O)CNC(=O)Nc1cccc(OC(F)(F)F)c1. The molecule has 0 unspecified atom stereocenters. The first-order chi connectivity index (χ1) is 9.80. The molecule has 116 valence electrons. The number of benzene rings is 1. The van der Waals surface area contributed by atoms with E-state index in [0.29, 0.717) is 0 Å². The molecule has 1 aromatic carbocycles. The second kappa shape index (κ2) is 7.36. The van der Waals surface area contributed by atoms with Crippen molar-refractivity contribution in [3.05, 3.63) is 24.3 Å². The first-order valence-electron chi connectivity index (χ1n) is 5.86. The summed E-state index contributed by atoms with van der Waals surface area (Å²) in [6.07, 6.45) is -4.81. The van der Waals surface area contributed by atoms with Crippen molar-refractivity contribution in [2.75, 3.05) is 18.5 Å². The van der Waals surface area contributed by atoms with Crippen molar-refractivity contribution in [2.24, 2.45) is 0 Å². The van der Waals surface area contributed by atoms with Crippen LogP contribution in [0.4, 0.5) is 23.7 Å². The van der Waals surface area contributed by atoms with E-state index in [9.17, 15) is 22.8 Å². The van der Waals surface area contributed by atoms with Crippen molar-refractivity contribution >= 4 is 17.7 Å². The van der Waals surface area contributed by atoms with Crippen molar-refractivity contribution < 1.29 is 32.2 Å². The predicted molar refractivity (Wildman–Crippen MR) is 66.8 cm³/mol. The molecule has 21 heavy (non-hydrogen) atoms. The van der Waals surface area contributed by atoms with Crippen LogP contribution in [-0.4, -0.2) is 31.5 Å². The second-order valence-electron chi connectivity index (χ2n) is 3.69. The van der Waals surface area contributed by atoms with Gasteiger partial charge in [0.05, 0.1) is 6.61 Å². The van der Waals surface area contributed by atoms with Crippen LogP contribution in [0.2, 0.25) is 0 Å². The summed E-state index contributed by atoms with van der Waals surface area (Å²) in [7, 11) is 0. The molecule has 0 aliphatic heterocycles. The summed E-state index contributed by atoms with van der Waals surface area (Å²) >= 11 is 0. The number of carbonyl (C=O) groups is 2. The summed E-state index contributed by atoms with van der Waals surface area (Å²) < 4.78 is 44.4. The van der Waals surface area contributed by atoms with Crippen LogP contribution in [0.1, 0.15) is 6.92 Å². The van der Waals surface area contributed by atoms with Gasteiger partial charge in [-0.2, -0.15) is 0 Å². The Labute approximate surface area is 118 Å². The van der Waals surface area contributed by atoms with Gasteiger partial charge in [-0.25, -0.2) is 4.79 Å². The van der Waals surface area contributed by atoms with E-state index in [0.717, 1.165) is 12.1 Å². The molecular formula is C12H13F3N2O4. The van der Waals surface area contributed by atoms with Crippen LogP contribution >= 0.6 is 0 Å². The lowest BCUT2D eigenvalue weighted by Gasteiger charge is -2.11. The molecule has 0 aliphatic rings. The topological polar surface area (TPSA) is 76.7 Å². The third-order valence-corrected chi connectivity index (χ3v) is 2.02. The lowest BCUT2D eigenvalue weighted by atomic mass is 10.3. The van der Waals surface area contributed by atoms with E-state index < -0.39 is 24.1 Å². The molecule has 0 saturated heterocycles. The first-order valence-corrected chi connectivity index (χ1v) is 5.86. The molecule has 2 amide bonds. The Balaban J connectivity index is 2.52. The van der Waals surface area contributed by atoms with Gasteiger partial charge in [0.15, 0.2) is 0 Å². The van der Waals surface area contributed by atoms with E-state index in [2.05, 4.69) is 20.1 Å². The highest BCUT2D eigenvalue weighted by Crippen LogP contribution is 2.24. The monoisotopic (exact) mass is 306 g/mol. The summed E-state index contributed by atoms with van der Waals surface area (Å²) in [6, 6.07) is 3.98. The predicted octanol–water partition coefficient (Wildman–Crippen LogP) is 2.27. The molecule has 0 aromatic heterocycles. The number of carbonyl (C=O) groups excluding carboxylic acids is 2. The number of anilines is 1. The maximum absolute atomic E-state index is 12.0. The van der Waals surface area contributed by atoms with Crippen molar-refractivity contribution in [3.63, 3.8) is 0 Å². The third-order valence-electron chi connectivity index (χ3n) is 2.02. The molecule has 0 bridgehead atoms. The normalized spacial score (nSPS) is 10.7. The molecule has 0 spiro atoms. The molecule has 0 atom stereocenters. The maximum Gasteiger partial charge on any atom is 0.573 e. The highest BCUT2D eigenvalue weighted by atomic mass is 19.4. The Bertz CT molecular complexity index is 506. The molecule has 2 N–H and O–H groups in total. The summed E-state index contributed by atoms with van der Waals surface area (Å²) in [5.41, 5.74) is 0.0816. The third kappa shape index (κ3) is 7.04. The van der Waals surface area contributed by atoms with Crippen LogP contribution in [0.5, 0.6) is 5.75 Å². The van der Waals surface area contributed by atoms with E-state index in [-0.39, 0.29) is 18.8 Å².